The molecule has 1 aromatic carbocycles. The maximum atomic E-state index is 12.7. The third kappa shape index (κ3) is 3.18. The SMILES string of the molecule is CCCCN(CC)CC(=O)N1CCN2C(=O)c3ccccc3C2C1. The normalized spacial score (nSPS) is 19.6. The van der Waals surface area contributed by atoms with Crippen LogP contribution in [0.4, 0.5) is 0 Å². The van der Waals surface area contributed by atoms with Crippen molar-refractivity contribution in [3.63, 3.8) is 0 Å². The van der Waals surface area contributed by atoms with E-state index in [2.05, 4.69) is 18.7 Å². The highest BCUT2D eigenvalue weighted by molar-refractivity contribution is 5.99. The molecule has 1 aromatic rings. The molecule has 0 bridgehead atoms. The molecule has 1 unspecified atom stereocenters. The van der Waals surface area contributed by atoms with E-state index >= 15 is 0 Å². The molecule has 0 N–H and O–H groups in total. The van der Waals surface area contributed by atoms with Crippen LogP contribution >= 0.6 is 0 Å². The average Bonchev–Trinajstić information content (AvgIpc) is 2.91. The Balaban J connectivity index is 1.66. The fraction of sp³-hybridized carbons (Fsp3) is 0.579. The number of fused-ring (bicyclic) bond motifs is 3. The molecule has 0 aromatic heterocycles. The van der Waals surface area contributed by atoms with Crippen LogP contribution in [0.3, 0.4) is 0 Å². The first-order chi connectivity index (χ1) is 11.7. The summed E-state index contributed by atoms with van der Waals surface area (Å²) >= 11 is 0. The van der Waals surface area contributed by atoms with Crippen molar-refractivity contribution in [3.8, 4) is 0 Å². The van der Waals surface area contributed by atoms with Gasteiger partial charge in [0.1, 0.15) is 0 Å². The molecule has 0 saturated carbocycles. The lowest BCUT2D eigenvalue weighted by molar-refractivity contribution is -0.134. The van der Waals surface area contributed by atoms with E-state index < -0.39 is 0 Å². The van der Waals surface area contributed by atoms with Crippen molar-refractivity contribution in [3.05, 3.63) is 35.4 Å². The largest absolute Gasteiger partial charge is 0.337 e. The minimum absolute atomic E-state index is 0.0251. The second-order valence-electron chi connectivity index (χ2n) is 6.66. The summed E-state index contributed by atoms with van der Waals surface area (Å²) in [5.41, 5.74) is 1.87. The molecule has 2 aliphatic rings. The highest BCUT2D eigenvalue weighted by Gasteiger charge is 2.40. The van der Waals surface area contributed by atoms with Crippen LogP contribution in [0.15, 0.2) is 24.3 Å². The number of nitrogens with zero attached hydrogens (tertiary/aromatic N) is 3. The van der Waals surface area contributed by atoms with Gasteiger partial charge in [-0.15, -0.1) is 0 Å². The number of benzene rings is 1. The zero-order valence-electron chi connectivity index (χ0n) is 14.7. The Hall–Kier alpha value is -1.88. The molecule has 1 atom stereocenters. The van der Waals surface area contributed by atoms with Gasteiger partial charge in [0, 0.05) is 25.2 Å². The van der Waals surface area contributed by atoms with Gasteiger partial charge < -0.3 is 9.80 Å². The van der Waals surface area contributed by atoms with Crippen LogP contribution in [0.5, 0.6) is 0 Å². The van der Waals surface area contributed by atoms with Crippen LogP contribution in [0, 0.1) is 0 Å². The maximum absolute atomic E-state index is 12.7. The molecule has 3 rings (SSSR count). The number of likely N-dealkylation sites (N-methyl/N-ethyl adjacent to an activating group) is 1. The summed E-state index contributed by atoms with van der Waals surface area (Å²) in [4.78, 5) is 31.2. The van der Waals surface area contributed by atoms with Gasteiger partial charge in [0.25, 0.3) is 5.91 Å². The molecule has 0 aliphatic carbocycles. The van der Waals surface area contributed by atoms with Gasteiger partial charge in [-0.1, -0.05) is 38.5 Å². The molecular formula is C19H27N3O2. The van der Waals surface area contributed by atoms with E-state index in [1.54, 1.807) is 0 Å². The Morgan fingerprint density at radius 3 is 2.79 bits per heavy atom. The van der Waals surface area contributed by atoms with Crippen molar-refractivity contribution in [2.45, 2.75) is 32.7 Å². The highest BCUT2D eigenvalue weighted by Crippen LogP contribution is 2.35. The van der Waals surface area contributed by atoms with Gasteiger partial charge in [-0.25, -0.2) is 0 Å². The lowest BCUT2D eigenvalue weighted by Gasteiger charge is -2.38. The van der Waals surface area contributed by atoms with Crippen molar-refractivity contribution in [1.82, 2.24) is 14.7 Å². The van der Waals surface area contributed by atoms with Gasteiger partial charge in [-0.05, 0) is 31.1 Å². The van der Waals surface area contributed by atoms with Crippen LogP contribution in [-0.2, 0) is 4.79 Å². The summed E-state index contributed by atoms with van der Waals surface area (Å²) in [5.74, 6) is 0.297. The first-order valence-electron chi connectivity index (χ1n) is 9.05. The Kier molecular flexibility index (Phi) is 5.19. The van der Waals surface area contributed by atoms with Gasteiger partial charge >= 0.3 is 0 Å². The minimum Gasteiger partial charge on any atom is -0.337 e. The molecule has 5 heteroatoms. The summed E-state index contributed by atoms with van der Waals surface area (Å²) in [6.45, 7) is 8.52. The van der Waals surface area contributed by atoms with Crippen LogP contribution in [0.1, 0.15) is 48.7 Å². The molecule has 0 radical (unpaired) electrons. The fourth-order valence-electron chi connectivity index (χ4n) is 3.68. The van der Waals surface area contributed by atoms with Crippen molar-refractivity contribution in [2.24, 2.45) is 0 Å². The first-order valence-corrected chi connectivity index (χ1v) is 9.05. The molecule has 2 amide bonds. The molecule has 1 saturated heterocycles. The number of carbonyl (C=O) groups is 2. The molecule has 24 heavy (non-hydrogen) atoms. The topological polar surface area (TPSA) is 43.9 Å². The molecular weight excluding hydrogens is 302 g/mol. The Bertz CT molecular complexity index is 616. The second kappa shape index (κ2) is 7.34. The number of unbranched alkanes of at least 4 members (excludes halogenated alkanes) is 1. The van der Waals surface area contributed by atoms with Crippen LogP contribution in [-0.4, -0.2) is 65.8 Å². The molecule has 0 spiro atoms. The standard InChI is InChI=1S/C19H27N3O2/c1-3-5-10-20(4-2)14-18(23)21-11-12-22-17(13-21)15-8-6-7-9-16(15)19(22)24/h6-9,17H,3-5,10-14H2,1-2H3. The van der Waals surface area contributed by atoms with Crippen molar-refractivity contribution in [1.29, 1.82) is 0 Å². The van der Waals surface area contributed by atoms with E-state index in [1.165, 1.54) is 0 Å². The summed E-state index contributed by atoms with van der Waals surface area (Å²) in [5, 5.41) is 0. The number of piperazine rings is 1. The van der Waals surface area contributed by atoms with E-state index in [1.807, 2.05) is 34.1 Å². The number of rotatable bonds is 6. The summed E-state index contributed by atoms with van der Waals surface area (Å²) < 4.78 is 0. The van der Waals surface area contributed by atoms with Crippen LogP contribution in [0.25, 0.3) is 0 Å². The number of hydrogen-bond donors (Lipinski definition) is 0. The highest BCUT2D eigenvalue weighted by atomic mass is 16.2. The Morgan fingerprint density at radius 1 is 1.25 bits per heavy atom. The lowest BCUT2D eigenvalue weighted by Crippen LogP contribution is -2.51. The van der Waals surface area contributed by atoms with E-state index in [4.69, 9.17) is 0 Å². The fourth-order valence-corrected chi connectivity index (χ4v) is 3.68. The van der Waals surface area contributed by atoms with E-state index in [-0.39, 0.29) is 17.9 Å². The van der Waals surface area contributed by atoms with Gasteiger partial charge in [0.2, 0.25) is 5.91 Å². The van der Waals surface area contributed by atoms with Gasteiger partial charge in [-0.3, -0.25) is 14.5 Å². The zero-order chi connectivity index (χ0) is 17.1. The predicted molar refractivity (Wildman–Crippen MR) is 93.8 cm³/mol. The Morgan fingerprint density at radius 2 is 2.04 bits per heavy atom. The quantitative estimate of drug-likeness (QED) is 0.803. The summed E-state index contributed by atoms with van der Waals surface area (Å²) in [7, 11) is 0. The summed E-state index contributed by atoms with van der Waals surface area (Å²) in [6.07, 6.45) is 2.27. The van der Waals surface area contributed by atoms with Gasteiger partial charge in [0.05, 0.1) is 12.6 Å². The van der Waals surface area contributed by atoms with Crippen molar-refractivity contribution in [2.75, 3.05) is 39.3 Å². The van der Waals surface area contributed by atoms with E-state index in [0.717, 1.165) is 37.1 Å². The monoisotopic (exact) mass is 329 g/mol. The second-order valence-corrected chi connectivity index (χ2v) is 6.66. The number of amides is 2. The molecule has 2 heterocycles. The number of carbonyl (C=O) groups excluding carboxylic acids is 2. The first kappa shape index (κ1) is 17.0. The molecule has 5 nitrogen and oxygen atoms in total. The maximum Gasteiger partial charge on any atom is 0.254 e. The third-order valence-electron chi connectivity index (χ3n) is 5.18. The van der Waals surface area contributed by atoms with E-state index in [0.29, 0.717) is 26.2 Å². The lowest BCUT2D eigenvalue weighted by atomic mass is 10.0. The van der Waals surface area contributed by atoms with Crippen LogP contribution < -0.4 is 0 Å². The Labute approximate surface area is 144 Å². The predicted octanol–water partition coefficient (Wildman–Crippen LogP) is 2.15. The molecule has 1 fully saturated rings. The summed E-state index contributed by atoms with van der Waals surface area (Å²) in [6, 6.07) is 7.82. The molecule has 130 valence electrons. The van der Waals surface area contributed by atoms with E-state index in [9.17, 15) is 9.59 Å². The van der Waals surface area contributed by atoms with Crippen LogP contribution in [0.2, 0.25) is 0 Å². The zero-order valence-corrected chi connectivity index (χ0v) is 14.7. The van der Waals surface area contributed by atoms with Crippen molar-refractivity contribution < 1.29 is 9.59 Å². The van der Waals surface area contributed by atoms with Gasteiger partial charge in [0.15, 0.2) is 0 Å². The minimum atomic E-state index is 0.0251. The average molecular weight is 329 g/mol. The van der Waals surface area contributed by atoms with Crippen molar-refractivity contribution >= 4 is 11.8 Å². The third-order valence-corrected chi connectivity index (χ3v) is 5.18. The number of hydrogen-bond acceptors (Lipinski definition) is 3. The molecule has 2 aliphatic heterocycles. The smallest absolute Gasteiger partial charge is 0.254 e. The van der Waals surface area contributed by atoms with Gasteiger partial charge in [-0.2, -0.15) is 0 Å².